The Balaban J connectivity index is 1.81. The van der Waals surface area contributed by atoms with E-state index in [0.29, 0.717) is 16.3 Å². The van der Waals surface area contributed by atoms with Gasteiger partial charge in [0.15, 0.2) is 0 Å². The summed E-state index contributed by atoms with van der Waals surface area (Å²) in [7, 11) is 0. The van der Waals surface area contributed by atoms with Gasteiger partial charge in [-0.2, -0.15) is 0 Å². The zero-order chi connectivity index (χ0) is 16.7. The normalized spacial score (nSPS) is 19.6. The van der Waals surface area contributed by atoms with Crippen LogP contribution < -0.4 is 4.90 Å². The van der Waals surface area contributed by atoms with Gasteiger partial charge in [-0.05, 0) is 43.5 Å². The summed E-state index contributed by atoms with van der Waals surface area (Å²) >= 11 is 6.17. The lowest BCUT2D eigenvalue weighted by Crippen LogP contribution is -2.36. The van der Waals surface area contributed by atoms with Crippen molar-refractivity contribution in [1.82, 2.24) is 0 Å². The van der Waals surface area contributed by atoms with Gasteiger partial charge in [-0.25, -0.2) is 4.39 Å². The first kappa shape index (κ1) is 15.3. The molecule has 122 valence electrons. The van der Waals surface area contributed by atoms with Crippen LogP contribution in [0, 0.1) is 11.7 Å². The number of hydrogen-bond donors (Lipinski definition) is 0. The van der Waals surface area contributed by atoms with Crippen LogP contribution in [0.1, 0.15) is 24.8 Å². The van der Waals surface area contributed by atoms with Crippen LogP contribution in [0.2, 0.25) is 5.02 Å². The number of aliphatic imine (C=N–C) groups is 1. The molecule has 24 heavy (non-hydrogen) atoms. The van der Waals surface area contributed by atoms with E-state index in [0.717, 1.165) is 30.7 Å². The van der Waals surface area contributed by atoms with E-state index in [2.05, 4.69) is 0 Å². The van der Waals surface area contributed by atoms with Crippen LogP contribution in [0.3, 0.4) is 0 Å². The summed E-state index contributed by atoms with van der Waals surface area (Å²) in [4.78, 5) is 19.4. The number of nitrogens with zero attached hydrogens (tertiary/aromatic N) is 2. The van der Waals surface area contributed by atoms with Gasteiger partial charge in [0.1, 0.15) is 5.82 Å². The number of halogens is 2. The highest BCUT2D eigenvalue weighted by Crippen LogP contribution is 2.39. The number of anilines is 1. The first-order valence-electron chi connectivity index (χ1n) is 8.06. The smallest absolute Gasteiger partial charge is 0.236 e. The Bertz CT molecular complexity index is 829. The minimum Gasteiger partial charge on any atom is -0.305 e. The van der Waals surface area contributed by atoms with Crippen molar-refractivity contribution in [3.63, 3.8) is 0 Å². The Labute approximate surface area is 144 Å². The number of hydrogen-bond acceptors (Lipinski definition) is 2. The molecule has 3 nitrogen and oxygen atoms in total. The molecule has 0 spiro atoms. The predicted molar refractivity (Wildman–Crippen MR) is 93.5 cm³/mol. The highest BCUT2D eigenvalue weighted by molar-refractivity contribution is 6.31. The zero-order valence-electron chi connectivity index (χ0n) is 13.0. The van der Waals surface area contributed by atoms with Crippen molar-refractivity contribution < 1.29 is 9.18 Å². The first-order chi connectivity index (χ1) is 11.6. The van der Waals surface area contributed by atoms with Crippen LogP contribution in [-0.2, 0) is 11.3 Å². The SMILES string of the molecule is O=C1[C@H]2CCCC2=Nc2ccccc2N1Cc1c(F)cccc1Cl. The van der Waals surface area contributed by atoms with Crippen LogP contribution in [0.15, 0.2) is 47.5 Å². The number of amides is 1. The Morgan fingerprint density at radius 3 is 2.88 bits per heavy atom. The number of carbonyl (C=O) groups is 1. The molecule has 0 aromatic heterocycles. The minimum absolute atomic E-state index is 0.0180. The van der Waals surface area contributed by atoms with Crippen molar-refractivity contribution in [3.8, 4) is 0 Å². The molecule has 1 heterocycles. The van der Waals surface area contributed by atoms with Crippen molar-refractivity contribution >= 4 is 34.6 Å². The quantitative estimate of drug-likeness (QED) is 0.764. The van der Waals surface area contributed by atoms with Gasteiger partial charge in [-0.3, -0.25) is 9.79 Å². The van der Waals surface area contributed by atoms with E-state index in [1.807, 2.05) is 24.3 Å². The Kier molecular flexibility index (Phi) is 3.85. The van der Waals surface area contributed by atoms with Gasteiger partial charge in [0.2, 0.25) is 5.91 Å². The van der Waals surface area contributed by atoms with Gasteiger partial charge in [0.05, 0.1) is 23.8 Å². The van der Waals surface area contributed by atoms with E-state index in [4.69, 9.17) is 16.6 Å². The lowest BCUT2D eigenvalue weighted by Gasteiger charge is -2.25. The summed E-state index contributed by atoms with van der Waals surface area (Å²) in [5.74, 6) is -0.622. The molecule has 0 bridgehead atoms. The summed E-state index contributed by atoms with van der Waals surface area (Å²) < 4.78 is 14.2. The highest BCUT2D eigenvalue weighted by Gasteiger charge is 2.36. The van der Waals surface area contributed by atoms with Crippen molar-refractivity contribution in [2.75, 3.05) is 4.90 Å². The third kappa shape index (κ3) is 2.51. The average molecular weight is 343 g/mol. The molecule has 1 saturated carbocycles. The molecule has 0 radical (unpaired) electrons. The Morgan fingerprint density at radius 1 is 1.21 bits per heavy atom. The Hall–Kier alpha value is -2.20. The molecule has 1 atom stereocenters. The van der Waals surface area contributed by atoms with Crippen LogP contribution in [-0.4, -0.2) is 11.6 Å². The van der Waals surface area contributed by atoms with Gasteiger partial charge in [0.25, 0.3) is 0 Å². The van der Waals surface area contributed by atoms with Crippen LogP contribution in [0.5, 0.6) is 0 Å². The van der Waals surface area contributed by atoms with Gasteiger partial charge >= 0.3 is 0 Å². The van der Waals surface area contributed by atoms with Gasteiger partial charge in [0, 0.05) is 16.3 Å². The van der Waals surface area contributed by atoms with Gasteiger partial charge in [-0.15, -0.1) is 0 Å². The first-order valence-corrected chi connectivity index (χ1v) is 8.43. The molecule has 5 heteroatoms. The number of para-hydroxylation sites is 2. The van der Waals surface area contributed by atoms with Crippen molar-refractivity contribution in [2.45, 2.75) is 25.8 Å². The van der Waals surface area contributed by atoms with Crippen molar-refractivity contribution in [2.24, 2.45) is 10.9 Å². The molecular weight excluding hydrogens is 327 g/mol. The Morgan fingerprint density at radius 2 is 2.04 bits per heavy atom. The lowest BCUT2D eigenvalue weighted by molar-refractivity contribution is -0.120. The molecule has 4 rings (SSSR count). The monoisotopic (exact) mass is 342 g/mol. The van der Waals surface area contributed by atoms with E-state index in [1.54, 1.807) is 17.0 Å². The fourth-order valence-corrected chi connectivity index (χ4v) is 3.70. The largest absolute Gasteiger partial charge is 0.305 e. The maximum Gasteiger partial charge on any atom is 0.236 e. The number of fused-ring (bicyclic) bond motifs is 2. The molecule has 2 aliphatic rings. The fraction of sp³-hybridized carbons (Fsp3) is 0.263. The third-order valence-electron chi connectivity index (χ3n) is 4.71. The second kappa shape index (κ2) is 6.02. The van der Waals surface area contributed by atoms with Crippen molar-refractivity contribution in [3.05, 3.63) is 58.9 Å². The maximum absolute atomic E-state index is 14.2. The molecule has 1 fully saturated rings. The van der Waals surface area contributed by atoms with Crippen LogP contribution >= 0.6 is 11.6 Å². The molecule has 1 aliphatic heterocycles. The van der Waals surface area contributed by atoms with Gasteiger partial charge in [-0.1, -0.05) is 29.8 Å². The van der Waals surface area contributed by atoms with Gasteiger partial charge < -0.3 is 4.90 Å². The maximum atomic E-state index is 14.2. The fourth-order valence-electron chi connectivity index (χ4n) is 3.48. The van der Waals surface area contributed by atoms with E-state index in [1.165, 1.54) is 6.07 Å². The summed E-state index contributed by atoms with van der Waals surface area (Å²) in [6.07, 6.45) is 2.61. The molecule has 1 aliphatic carbocycles. The number of carbonyl (C=O) groups excluding carboxylic acids is 1. The van der Waals surface area contributed by atoms with Crippen molar-refractivity contribution in [1.29, 1.82) is 0 Å². The average Bonchev–Trinajstić information content (AvgIpc) is 2.99. The molecule has 2 aromatic carbocycles. The molecular formula is C19H16ClFN2O. The minimum atomic E-state index is -0.399. The van der Waals surface area contributed by atoms with E-state index in [9.17, 15) is 9.18 Å². The van der Waals surface area contributed by atoms with E-state index >= 15 is 0 Å². The topological polar surface area (TPSA) is 32.7 Å². The van der Waals surface area contributed by atoms with Crippen LogP contribution in [0.4, 0.5) is 15.8 Å². The summed E-state index contributed by atoms with van der Waals surface area (Å²) in [5.41, 5.74) is 2.75. The molecule has 0 unspecified atom stereocenters. The second-order valence-corrected chi connectivity index (χ2v) is 6.57. The predicted octanol–water partition coefficient (Wildman–Crippen LogP) is 4.90. The third-order valence-corrected chi connectivity index (χ3v) is 5.06. The molecule has 2 aromatic rings. The number of benzene rings is 2. The molecule has 0 saturated heterocycles. The molecule has 1 amide bonds. The molecule has 0 N–H and O–H groups in total. The highest BCUT2D eigenvalue weighted by atomic mass is 35.5. The standard InChI is InChI=1S/C19H16ClFN2O/c20-14-6-4-7-15(21)13(14)11-23-18-10-2-1-8-17(18)22-16-9-3-5-12(16)19(23)24/h1-2,4,6-8,10,12H,3,5,9,11H2/t12-/m0/s1. The second-order valence-electron chi connectivity index (χ2n) is 6.16. The van der Waals surface area contributed by atoms with Crippen LogP contribution in [0.25, 0.3) is 0 Å². The van der Waals surface area contributed by atoms with E-state index < -0.39 is 5.82 Å². The summed E-state index contributed by atoms with van der Waals surface area (Å²) in [5, 5.41) is 0.331. The summed E-state index contributed by atoms with van der Waals surface area (Å²) in [6, 6.07) is 12.1. The zero-order valence-corrected chi connectivity index (χ0v) is 13.8. The lowest BCUT2D eigenvalue weighted by atomic mass is 10.0. The summed E-state index contributed by atoms with van der Waals surface area (Å²) in [6.45, 7) is 0.112. The van der Waals surface area contributed by atoms with E-state index in [-0.39, 0.29) is 18.4 Å². The number of rotatable bonds is 2.